The molecule has 2 N–H and O–H groups in total. The summed E-state index contributed by atoms with van der Waals surface area (Å²) >= 11 is 0. The number of carbonyl (C=O) groups is 4. The Bertz CT molecular complexity index is 2370. The van der Waals surface area contributed by atoms with Crippen LogP contribution in [-0.2, 0) is 75.2 Å². The minimum atomic E-state index is -0.708. The number of likely N-dealkylation sites (tertiary alicyclic amines) is 2. The largest absolute Gasteiger partial charge is 0.447 e. The maximum absolute atomic E-state index is 13.9. The molecule has 4 amide bonds. The number of H-pyrrole nitrogens is 1. The normalized spacial score (nSPS) is 18.8. The number of rotatable bonds is 10. The van der Waals surface area contributed by atoms with E-state index in [1.807, 2.05) is 86.0 Å². The van der Waals surface area contributed by atoms with Crippen LogP contribution in [0.25, 0.3) is 0 Å². The number of imidazole rings is 2. The van der Waals surface area contributed by atoms with Crippen molar-refractivity contribution in [3.05, 3.63) is 94.1 Å². The molecule has 0 radical (unpaired) electrons. The van der Waals surface area contributed by atoms with E-state index >= 15 is 0 Å². The van der Waals surface area contributed by atoms with Gasteiger partial charge in [-0.05, 0) is 115 Å². The highest BCUT2D eigenvalue weighted by atomic mass is 16.6. The Balaban J connectivity index is 0.000000162. The minimum absolute atomic E-state index is 0.0326. The number of fused-ring (bicyclic) bond motifs is 6. The number of benzene rings is 2. The smallest absolute Gasteiger partial charge is 0.410 e. The van der Waals surface area contributed by atoms with E-state index in [2.05, 4.69) is 9.55 Å². The van der Waals surface area contributed by atoms with Gasteiger partial charge in [0.1, 0.15) is 22.5 Å². The zero-order valence-corrected chi connectivity index (χ0v) is 37.0. The van der Waals surface area contributed by atoms with Crippen molar-refractivity contribution in [2.24, 2.45) is 0 Å². The number of carbonyl (C=O) groups excluding carboxylic acids is 4. The molecule has 10 rings (SSSR count). The van der Waals surface area contributed by atoms with Crippen LogP contribution in [0.1, 0.15) is 112 Å². The van der Waals surface area contributed by atoms with Crippen molar-refractivity contribution in [1.82, 2.24) is 29.3 Å². The molecule has 0 bridgehead atoms. The van der Waals surface area contributed by atoms with Crippen LogP contribution in [0.4, 0.5) is 21.0 Å². The lowest BCUT2D eigenvalue weighted by molar-refractivity contribution is -0.129. The predicted molar refractivity (Wildman–Crippen MR) is 235 cm³/mol. The second-order valence-electron chi connectivity index (χ2n) is 18.6. The fourth-order valence-electron chi connectivity index (χ4n) is 10.4. The number of aliphatic hydroxyl groups is 1. The summed E-state index contributed by atoms with van der Waals surface area (Å²) in [6, 6.07) is 15.8. The fourth-order valence-corrected chi connectivity index (χ4v) is 10.4. The lowest BCUT2D eigenvalue weighted by Crippen LogP contribution is -2.65. The molecule has 334 valence electrons. The first-order valence-corrected chi connectivity index (χ1v) is 22.9. The first-order chi connectivity index (χ1) is 30.4. The highest BCUT2D eigenvalue weighted by molar-refractivity contribution is 6.10. The fraction of sp³-hybridized carbons (Fsp3) is 0.542. The number of aryl methyl sites for hydroxylation is 3. The zero-order chi connectivity index (χ0) is 44.0. The first kappa shape index (κ1) is 42.6. The summed E-state index contributed by atoms with van der Waals surface area (Å²) in [6.45, 7) is 10.5. The molecular formula is C48H60N8O7. The van der Waals surface area contributed by atoms with Crippen molar-refractivity contribution in [3.63, 3.8) is 0 Å². The molecular weight excluding hydrogens is 801 g/mol. The molecule has 2 saturated heterocycles. The number of unbranched alkanes of at least 4 members (excludes halogenated alkanes) is 1. The van der Waals surface area contributed by atoms with Crippen LogP contribution in [0, 0.1) is 0 Å². The molecule has 2 spiro atoms. The van der Waals surface area contributed by atoms with Gasteiger partial charge in [-0.3, -0.25) is 9.59 Å². The Morgan fingerprint density at radius 3 is 1.78 bits per heavy atom. The maximum atomic E-state index is 13.9. The van der Waals surface area contributed by atoms with E-state index in [-0.39, 0.29) is 42.8 Å². The van der Waals surface area contributed by atoms with Gasteiger partial charge in [-0.1, -0.05) is 36.4 Å². The van der Waals surface area contributed by atoms with Gasteiger partial charge < -0.3 is 43.7 Å². The molecule has 15 nitrogen and oxygen atoms in total. The topological polar surface area (TPSA) is 166 Å². The van der Waals surface area contributed by atoms with E-state index in [4.69, 9.17) is 19.4 Å². The summed E-state index contributed by atoms with van der Waals surface area (Å²) in [5, 5.41) is 9.26. The summed E-state index contributed by atoms with van der Waals surface area (Å²) in [5.41, 5.74) is 7.24. The molecule has 15 heteroatoms. The number of hydrogen-bond donors (Lipinski definition) is 2. The number of aromatic nitrogens is 4. The minimum Gasteiger partial charge on any atom is -0.447 e. The first-order valence-electron chi connectivity index (χ1n) is 22.9. The van der Waals surface area contributed by atoms with Gasteiger partial charge in [-0.15, -0.1) is 0 Å². The van der Waals surface area contributed by atoms with E-state index in [9.17, 15) is 24.3 Å². The van der Waals surface area contributed by atoms with Gasteiger partial charge in [0, 0.05) is 62.1 Å². The number of anilines is 2. The lowest BCUT2D eigenvalue weighted by Gasteiger charge is -2.46. The van der Waals surface area contributed by atoms with E-state index in [1.165, 1.54) is 24.2 Å². The monoisotopic (exact) mass is 860 g/mol. The average Bonchev–Trinajstić information content (AvgIpc) is 3.94. The quantitative estimate of drug-likeness (QED) is 0.179. The number of nitrogens with one attached hydrogen (secondary N) is 1. The molecule has 0 saturated carbocycles. The van der Waals surface area contributed by atoms with Crippen LogP contribution < -0.4 is 9.80 Å². The van der Waals surface area contributed by atoms with E-state index in [1.54, 1.807) is 9.80 Å². The number of nitrogens with zero attached hydrogens (tertiary/aromatic N) is 7. The van der Waals surface area contributed by atoms with Crippen molar-refractivity contribution in [3.8, 4) is 0 Å². The molecule has 0 atom stereocenters. The molecule has 2 aliphatic carbocycles. The lowest BCUT2D eigenvalue weighted by atomic mass is 9.75. The number of aromatic amines is 1. The Morgan fingerprint density at radius 1 is 0.698 bits per heavy atom. The number of hydrogen-bond acceptors (Lipinski definition) is 9. The Hall–Kier alpha value is -5.70. The molecule has 0 unspecified atom stereocenters. The third-order valence-electron chi connectivity index (χ3n) is 13.5. The van der Waals surface area contributed by atoms with Crippen LogP contribution in [0.5, 0.6) is 0 Å². The second kappa shape index (κ2) is 17.1. The zero-order valence-electron chi connectivity index (χ0n) is 37.0. The number of amides is 4. The summed E-state index contributed by atoms with van der Waals surface area (Å²) < 4.78 is 12.9. The molecule has 63 heavy (non-hydrogen) atoms. The number of ether oxygens (including phenoxy) is 2. The summed E-state index contributed by atoms with van der Waals surface area (Å²) in [7, 11) is 0. The van der Waals surface area contributed by atoms with Crippen LogP contribution in [0.3, 0.4) is 0 Å². The van der Waals surface area contributed by atoms with E-state index in [0.29, 0.717) is 39.3 Å². The van der Waals surface area contributed by atoms with Crippen LogP contribution in [0.2, 0.25) is 0 Å². The predicted octanol–water partition coefficient (Wildman–Crippen LogP) is 6.11. The summed E-state index contributed by atoms with van der Waals surface area (Å²) in [6.07, 6.45) is 9.26. The van der Waals surface area contributed by atoms with Crippen molar-refractivity contribution >= 4 is 35.4 Å². The molecule has 2 aromatic carbocycles. The third-order valence-corrected chi connectivity index (χ3v) is 13.5. The molecule has 2 aromatic heterocycles. The van der Waals surface area contributed by atoms with Gasteiger partial charge in [0.15, 0.2) is 0 Å². The van der Waals surface area contributed by atoms with Crippen molar-refractivity contribution in [2.45, 2.75) is 135 Å². The van der Waals surface area contributed by atoms with Crippen molar-refractivity contribution in [1.29, 1.82) is 0 Å². The molecule has 4 aliphatic heterocycles. The van der Waals surface area contributed by atoms with Gasteiger partial charge in [-0.25, -0.2) is 19.6 Å². The van der Waals surface area contributed by atoms with Crippen LogP contribution in [0.15, 0.2) is 48.5 Å². The highest BCUT2D eigenvalue weighted by Crippen LogP contribution is 2.49. The average molecular weight is 861 g/mol. The number of aliphatic hydroxyl groups excluding tert-OH is 1. The van der Waals surface area contributed by atoms with Crippen molar-refractivity contribution < 1.29 is 33.8 Å². The maximum Gasteiger partial charge on any atom is 0.410 e. The molecule has 2 fully saturated rings. The van der Waals surface area contributed by atoms with E-state index < -0.39 is 10.8 Å². The SMILES string of the molecule is CC(C)OC(=O)N1CC2(C1)C(=O)N(Cc1nc3c([nH]1)CCCC3)c1ccccc12.CC(C)OC(=O)N1CC2(C1)C(=O)N(Cc1nc3c(n1CCCCO)CCCC3)c1ccccc12. The van der Waals surface area contributed by atoms with Gasteiger partial charge in [0.2, 0.25) is 11.8 Å². The third kappa shape index (κ3) is 7.65. The summed E-state index contributed by atoms with van der Waals surface area (Å²) in [4.78, 5) is 72.1. The molecule has 4 aromatic rings. The summed E-state index contributed by atoms with van der Waals surface area (Å²) in [5.74, 6) is 1.83. The van der Waals surface area contributed by atoms with E-state index in [0.717, 1.165) is 103 Å². The van der Waals surface area contributed by atoms with Gasteiger partial charge in [-0.2, -0.15) is 0 Å². The van der Waals surface area contributed by atoms with Crippen molar-refractivity contribution in [2.75, 3.05) is 42.6 Å². The Morgan fingerprint density at radius 2 is 1.22 bits per heavy atom. The Labute approximate surface area is 368 Å². The standard InChI is InChI=1S/C26H34N4O4.C22H26N4O3/c1-18(2)34-25(33)28-16-26(17-28)19-9-3-5-11-21(19)30(24(26)32)15-23-27-20-10-4-6-12-22(20)29(23)13-7-8-14-31;1-14(2)29-21(28)25-12-22(13-25)15-7-3-6-10-18(15)26(20(22)27)11-19-23-16-8-4-5-9-17(16)24-19/h3,5,9,11,18,31H,4,6-8,10,12-17H2,1-2H3;3,6-7,10,14H,4-5,8-9,11-13H2,1-2H3,(H,23,24). The van der Waals surface area contributed by atoms with Gasteiger partial charge >= 0.3 is 12.2 Å². The highest BCUT2D eigenvalue weighted by Gasteiger charge is 2.61. The Kier molecular flexibility index (Phi) is 11.6. The van der Waals surface area contributed by atoms with Gasteiger partial charge in [0.05, 0.1) is 36.7 Å². The molecule has 6 aliphatic rings. The van der Waals surface area contributed by atoms with Crippen LogP contribution in [-0.4, -0.2) is 103 Å². The van der Waals surface area contributed by atoms with Crippen LogP contribution >= 0.6 is 0 Å². The van der Waals surface area contributed by atoms with Gasteiger partial charge in [0.25, 0.3) is 0 Å². The molecule has 6 heterocycles. The number of para-hydroxylation sites is 2. The second-order valence-corrected chi connectivity index (χ2v) is 18.6.